The first-order valence-electron chi connectivity index (χ1n) is 10.8. The maximum atomic E-state index is 15.1. The van der Waals surface area contributed by atoms with Crippen LogP contribution < -0.4 is 16.8 Å². The number of nitrogens with two attached hydrogens (primary N) is 2. The number of halogens is 1. The summed E-state index contributed by atoms with van der Waals surface area (Å²) in [6.45, 7) is 5.86. The van der Waals surface area contributed by atoms with Crippen LogP contribution in [0.25, 0.3) is 5.69 Å². The van der Waals surface area contributed by atoms with Crippen molar-refractivity contribution in [2.24, 2.45) is 16.9 Å². The second kappa shape index (κ2) is 7.75. The zero-order valence-electron chi connectivity index (χ0n) is 18.3. The van der Waals surface area contributed by atoms with Crippen molar-refractivity contribution in [2.45, 2.75) is 71.4 Å². The number of primary amides is 1. The van der Waals surface area contributed by atoms with Gasteiger partial charge in [0.1, 0.15) is 5.82 Å². The predicted molar refractivity (Wildman–Crippen MR) is 117 cm³/mol. The monoisotopic (exact) mass is 427 g/mol. The van der Waals surface area contributed by atoms with Crippen LogP contribution in [0.3, 0.4) is 0 Å². The average molecular weight is 428 g/mol. The molecule has 2 aliphatic rings. The van der Waals surface area contributed by atoms with E-state index in [1.165, 1.54) is 6.07 Å². The van der Waals surface area contributed by atoms with Crippen molar-refractivity contribution in [3.63, 3.8) is 0 Å². The normalized spacial score (nSPS) is 22.8. The Bertz CT molecular complexity index is 1060. The molecular weight excluding hydrogens is 397 g/mol. The predicted octanol–water partition coefficient (Wildman–Crippen LogP) is 3.26. The van der Waals surface area contributed by atoms with Gasteiger partial charge >= 0.3 is 0 Å². The second-order valence-corrected chi connectivity index (χ2v) is 9.67. The van der Waals surface area contributed by atoms with Gasteiger partial charge in [0.15, 0.2) is 5.78 Å². The van der Waals surface area contributed by atoms with Crippen molar-refractivity contribution in [2.75, 3.05) is 5.32 Å². The molecule has 1 aromatic heterocycles. The molecular formula is C23H30FN5O2. The molecule has 1 amide bonds. The largest absolute Gasteiger partial charge is 0.380 e. The Labute approximate surface area is 181 Å². The first-order valence-corrected chi connectivity index (χ1v) is 10.8. The lowest BCUT2D eigenvalue weighted by molar-refractivity contribution is 0.0909. The van der Waals surface area contributed by atoms with Gasteiger partial charge in [-0.1, -0.05) is 26.7 Å². The molecule has 166 valence electrons. The Morgan fingerprint density at radius 2 is 1.97 bits per heavy atom. The lowest BCUT2D eigenvalue weighted by Gasteiger charge is -2.31. The SMILES string of the molecule is Cc1nn(-c2cc(F)c(C(N)=O)c(N[C@H]3CCCC[C@@H]3N)c2)c2c1C(=O)CC(C)(C)C2. The van der Waals surface area contributed by atoms with Gasteiger partial charge in [0.05, 0.1) is 33.9 Å². The smallest absolute Gasteiger partial charge is 0.253 e. The third kappa shape index (κ3) is 3.96. The molecule has 2 aromatic rings. The summed E-state index contributed by atoms with van der Waals surface area (Å²) in [5, 5.41) is 7.83. The number of carbonyl (C=O) groups excluding carboxylic acids is 2. The van der Waals surface area contributed by atoms with Crippen LogP contribution in [0.5, 0.6) is 0 Å². The van der Waals surface area contributed by atoms with Crippen LogP contribution >= 0.6 is 0 Å². The highest BCUT2D eigenvalue weighted by Crippen LogP contribution is 2.37. The van der Waals surface area contributed by atoms with Crippen LogP contribution in [-0.4, -0.2) is 33.6 Å². The minimum Gasteiger partial charge on any atom is -0.380 e. The molecule has 0 unspecified atom stereocenters. The number of Topliss-reactive ketones (excluding diaryl/α,β-unsaturated/α-hetero) is 1. The molecule has 2 atom stereocenters. The van der Waals surface area contributed by atoms with Crippen molar-refractivity contribution in [3.8, 4) is 5.69 Å². The number of hydrogen-bond acceptors (Lipinski definition) is 5. The number of rotatable bonds is 4. The number of carbonyl (C=O) groups is 2. The Balaban J connectivity index is 1.82. The summed E-state index contributed by atoms with van der Waals surface area (Å²) in [6, 6.07) is 2.78. The molecule has 4 rings (SSSR count). The number of aromatic nitrogens is 2. The Morgan fingerprint density at radius 3 is 2.65 bits per heavy atom. The fraction of sp³-hybridized carbons (Fsp3) is 0.522. The number of amides is 1. The van der Waals surface area contributed by atoms with E-state index < -0.39 is 11.7 Å². The molecule has 1 fully saturated rings. The molecule has 0 radical (unpaired) electrons. The van der Waals surface area contributed by atoms with Gasteiger partial charge in [0, 0.05) is 24.6 Å². The van der Waals surface area contributed by atoms with Crippen LogP contribution in [0.15, 0.2) is 12.1 Å². The van der Waals surface area contributed by atoms with Crippen molar-refractivity contribution in [1.29, 1.82) is 0 Å². The molecule has 0 spiro atoms. The Hall–Kier alpha value is -2.74. The number of anilines is 1. The van der Waals surface area contributed by atoms with Gasteiger partial charge in [-0.15, -0.1) is 0 Å². The van der Waals surface area contributed by atoms with E-state index in [0.29, 0.717) is 35.5 Å². The van der Waals surface area contributed by atoms with Crippen molar-refractivity contribution in [3.05, 3.63) is 40.5 Å². The fourth-order valence-electron chi connectivity index (χ4n) is 4.97. The van der Waals surface area contributed by atoms with Crippen molar-refractivity contribution < 1.29 is 14.0 Å². The van der Waals surface area contributed by atoms with E-state index in [-0.39, 0.29) is 28.8 Å². The number of ketones is 1. The van der Waals surface area contributed by atoms with E-state index in [0.717, 1.165) is 31.4 Å². The number of hydrogen-bond donors (Lipinski definition) is 3. The van der Waals surface area contributed by atoms with Crippen LogP contribution in [0, 0.1) is 18.2 Å². The highest BCUT2D eigenvalue weighted by atomic mass is 19.1. The maximum absolute atomic E-state index is 15.1. The number of nitrogens with one attached hydrogen (secondary N) is 1. The highest BCUT2D eigenvalue weighted by molar-refractivity contribution is 6.00. The molecule has 5 N–H and O–H groups in total. The zero-order chi connectivity index (χ0) is 22.5. The fourth-order valence-corrected chi connectivity index (χ4v) is 4.97. The summed E-state index contributed by atoms with van der Waals surface area (Å²) in [5.74, 6) is -1.51. The molecule has 0 bridgehead atoms. The second-order valence-electron chi connectivity index (χ2n) is 9.67. The number of benzene rings is 1. The minimum absolute atomic E-state index is 0.0516. The van der Waals surface area contributed by atoms with Crippen LogP contribution in [-0.2, 0) is 6.42 Å². The summed E-state index contributed by atoms with van der Waals surface area (Å²) in [5.41, 5.74) is 14.1. The number of aryl methyl sites for hydroxylation is 1. The number of nitrogens with zero attached hydrogens (tertiary/aromatic N) is 2. The van der Waals surface area contributed by atoms with Crippen molar-refractivity contribution in [1.82, 2.24) is 9.78 Å². The molecule has 0 saturated heterocycles. The van der Waals surface area contributed by atoms with Crippen LogP contribution in [0.2, 0.25) is 0 Å². The summed E-state index contributed by atoms with van der Waals surface area (Å²) >= 11 is 0. The van der Waals surface area contributed by atoms with Gasteiger partial charge in [0.25, 0.3) is 5.91 Å². The van der Waals surface area contributed by atoms with E-state index in [1.54, 1.807) is 17.7 Å². The minimum atomic E-state index is -0.842. The first kappa shape index (κ1) is 21.5. The molecule has 1 aromatic carbocycles. The lowest BCUT2D eigenvalue weighted by atomic mass is 9.75. The third-order valence-electron chi connectivity index (χ3n) is 6.45. The van der Waals surface area contributed by atoms with E-state index in [4.69, 9.17) is 11.5 Å². The summed E-state index contributed by atoms with van der Waals surface area (Å²) in [4.78, 5) is 24.8. The molecule has 1 saturated carbocycles. The third-order valence-corrected chi connectivity index (χ3v) is 6.45. The van der Waals surface area contributed by atoms with Crippen LogP contribution in [0.1, 0.15) is 78.1 Å². The van der Waals surface area contributed by atoms with Crippen LogP contribution in [0.4, 0.5) is 10.1 Å². The molecule has 1 heterocycles. The van der Waals surface area contributed by atoms with Gasteiger partial charge in [-0.25, -0.2) is 9.07 Å². The van der Waals surface area contributed by atoms with E-state index in [9.17, 15) is 9.59 Å². The van der Waals surface area contributed by atoms with Gasteiger partial charge < -0.3 is 16.8 Å². The lowest BCUT2D eigenvalue weighted by Crippen LogP contribution is -2.43. The Morgan fingerprint density at radius 1 is 1.26 bits per heavy atom. The molecule has 31 heavy (non-hydrogen) atoms. The molecule has 7 nitrogen and oxygen atoms in total. The standard InChI is InChI=1S/C23H30FN5O2/c1-12-20-18(10-23(2,3)11-19(20)30)29(28-12)13-8-14(24)21(22(26)31)17(9-13)27-16-7-5-4-6-15(16)25/h8-9,15-16,27H,4-7,10-11,25H2,1-3H3,(H2,26,31)/t15-,16-/m0/s1. The topological polar surface area (TPSA) is 116 Å². The average Bonchev–Trinajstić information content (AvgIpc) is 2.98. The van der Waals surface area contributed by atoms with E-state index >= 15 is 4.39 Å². The number of fused-ring (bicyclic) bond motifs is 1. The molecule has 8 heteroatoms. The summed E-state index contributed by atoms with van der Waals surface area (Å²) in [6.07, 6.45) is 4.87. The van der Waals surface area contributed by atoms with Gasteiger partial charge in [-0.2, -0.15) is 5.10 Å². The first-order chi connectivity index (χ1) is 14.6. The Kier molecular flexibility index (Phi) is 5.37. The van der Waals surface area contributed by atoms with Crippen molar-refractivity contribution >= 4 is 17.4 Å². The summed E-state index contributed by atoms with van der Waals surface area (Å²) in [7, 11) is 0. The summed E-state index contributed by atoms with van der Waals surface area (Å²) < 4.78 is 16.7. The quantitative estimate of drug-likeness (QED) is 0.693. The van der Waals surface area contributed by atoms with E-state index in [2.05, 4.69) is 10.4 Å². The molecule has 0 aliphatic heterocycles. The highest BCUT2D eigenvalue weighted by Gasteiger charge is 2.36. The zero-order valence-corrected chi connectivity index (χ0v) is 18.3. The van der Waals surface area contributed by atoms with E-state index in [1.807, 2.05) is 13.8 Å². The van der Waals surface area contributed by atoms with Gasteiger partial charge in [-0.3, -0.25) is 9.59 Å². The van der Waals surface area contributed by atoms with Gasteiger partial charge in [-0.05, 0) is 37.7 Å². The maximum Gasteiger partial charge on any atom is 0.253 e. The molecule has 2 aliphatic carbocycles. The van der Waals surface area contributed by atoms with Gasteiger partial charge in [0.2, 0.25) is 0 Å².